The van der Waals surface area contributed by atoms with Crippen molar-refractivity contribution in [3.8, 4) is 16.9 Å². The zero-order valence-electron chi connectivity index (χ0n) is 27.2. The van der Waals surface area contributed by atoms with Crippen LogP contribution in [0.2, 0.25) is 5.02 Å². The third-order valence-corrected chi connectivity index (χ3v) is 10.5. The summed E-state index contributed by atoms with van der Waals surface area (Å²) in [5.74, 6) is -0.870. The predicted molar refractivity (Wildman–Crippen MR) is 179 cm³/mol. The predicted octanol–water partition coefficient (Wildman–Crippen LogP) is 5.82. The first-order chi connectivity index (χ1) is 22.6. The van der Waals surface area contributed by atoms with E-state index in [1.54, 1.807) is 23.1 Å². The second-order valence-corrected chi connectivity index (χ2v) is 13.6. The van der Waals surface area contributed by atoms with Gasteiger partial charge in [0.05, 0.1) is 60.8 Å². The number of halogens is 2. The number of para-hydroxylation sites is 1. The molecule has 4 aliphatic heterocycles. The van der Waals surface area contributed by atoms with Crippen molar-refractivity contribution in [1.29, 1.82) is 0 Å². The van der Waals surface area contributed by atoms with Crippen LogP contribution in [0.5, 0.6) is 5.75 Å². The van der Waals surface area contributed by atoms with Crippen molar-refractivity contribution in [2.75, 3.05) is 57.0 Å². The molecule has 3 aromatic carbocycles. The lowest BCUT2D eigenvalue weighted by molar-refractivity contribution is 0.0515. The first kappa shape index (κ1) is 31.7. The van der Waals surface area contributed by atoms with Crippen molar-refractivity contribution in [2.45, 2.75) is 57.4 Å². The summed E-state index contributed by atoms with van der Waals surface area (Å²) < 4.78 is 32.9. The third-order valence-electron chi connectivity index (χ3n) is 10.2. The molecule has 9 nitrogen and oxygen atoms in total. The Morgan fingerprint density at radius 3 is 2.45 bits per heavy atom. The summed E-state index contributed by atoms with van der Waals surface area (Å²) >= 11 is 6.74. The van der Waals surface area contributed by atoms with Crippen LogP contribution in [0.1, 0.15) is 53.0 Å². The molecule has 47 heavy (non-hydrogen) atoms. The summed E-state index contributed by atoms with van der Waals surface area (Å²) in [5.41, 5.74) is 3.85. The van der Waals surface area contributed by atoms with Crippen LogP contribution >= 0.6 is 11.6 Å². The maximum absolute atomic E-state index is 15.9. The van der Waals surface area contributed by atoms with Gasteiger partial charge in [0, 0.05) is 47.6 Å². The molecule has 11 heteroatoms. The van der Waals surface area contributed by atoms with Gasteiger partial charge in [0.2, 0.25) is 0 Å². The van der Waals surface area contributed by atoms with E-state index >= 15 is 4.39 Å². The minimum atomic E-state index is -0.587. The number of hydrogen-bond acceptors (Lipinski definition) is 8. The number of ether oxygens (including phenoxy) is 3. The second-order valence-electron chi connectivity index (χ2n) is 13.2. The molecule has 4 aliphatic rings. The van der Waals surface area contributed by atoms with E-state index in [2.05, 4.69) is 35.6 Å². The van der Waals surface area contributed by atoms with Gasteiger partial charge in [-0.05, 0) is 64.1 Å². The Labute approximate surface area is 279 Å². The molecule has 0 aromatic heterocycles. The van der Waals surface area contributed by atoms with Crippen molar-refractivity contribution < 1.29 is 28.2 Å². The van der Waals surface area contributed by atoms with Crippen molar-refractivity contribution in [1.82, 2.24) is 9.80 Å². The van der Waals surface area contributed by atoms with Crippen LogP contribution in [0.15, 0.2) is 48.5 Å². The number of likely N-dealkylation sites (N-methyl/N-ethyl adjacent to an activating group) is 1. The van der Waals surface area contributed by atoms with Gasteiger partial charge >= 0.3 is 5.97 Å². The normalized spacial score (nSPS) is 24.2. The Morgan fingerprint density at radius 2 is 1.72 bits per heavy atom. The molecule has 0 N–H and O–H groups in total. The fraction of sp³-hybridized carbons (Fsp3) is 0.444. The smallest absolute Gasteiger partial charge is 0.340 e. The van der Waals surface area contributed by atoms with Crippen molar-refractivity contribution in [3.05, 3.63) is 76.1 Å². The highest BCUT2D eigenvalue weighted by Crippen LogP contribution is 2.43. The molecule has 0 spiro atoms. The SMILES string of the molecule is COC(=O)c1cc(F)c(-c2cccc3c2OCN(C(=O)c2ccc(N4C[C@@H](C)N(C)C[C@H]4C)cc2Cl)C3)cc1N1C2CCC1COC2. The number of rotatable bonds is 5. The number of anilines is 2. The first-order valence-electron chi connectivity index (χ1n) is 16.2. The molecule has 248 valence electrons. The number of hydrogen-bond donors (Lipinski definition) is 0. The summed E-state index contributed by atoms with van der Waals surface area (Å²) in [5, 5.41) is 0.392. The van der Waals surface area contributed by atoms with E-state index in [1.165, 1.54) is 13.2 Å². The van der Waals surface area contributed by atoms with E-state index in [0.29, 0.717) is 58.4 Å². The highest BCUT2D eigenvalue weighted by atomic mass is 35.5. The number of esters is 1. The standard InChI is InChI=1S/C36H40ClFN4O5/c1-21-16-41(22(2)15-39(21)3)24-10-11-28(31(37)12-24)35(43)40-17-23-6-5-7-27(34(23)47-20-40)29-14-33(30(13-32(29)38)36(44)45-4)42-25-8-9-26(42)19-46-18-25/h5-7,10-14,21-22,25-26H,8-9,15-20H2,1-4H3/t21-,22-,25?,26?/m1/s1. The molecule has 0 aliphatic carbocycles. The largest absolute Gasteiger partial charge is 0.472 e. The quantitative estimate of drug-likeness (QED) is 0.317. The van der Waals surface area contributed by atoms with Gasteiger partial charge in [-0.1, -0.05) is 29.8 Å². The summed E-state index contributed by atoms with van der Waals surface area (Å²) in [7, 11) is 3.44. The average molecular weight is 663 g/mol. The molecule has 0 radical (unpaired) electrons. The van der Waals surface area contributed by atoms with Crippen LogP contribution in [0.3, 0.4) is 0 Å². The van der Waals surface area contributed by atoms with Gasteiger partial charge < -0.3 is 28.9 Å². The molecule has 3 saturated heterocycles. The molecule has 4 atom stereocenters. The second kappa shape index (κ2) is 12.6. The summed E-state index contributed by atoms with van der Waals surface area (Å²) in [6.07, 6.45) is 1.87. The van der Waals surface area contributed by atoms with Crippen LogP contribution in [0, 0.1) is 5.82 Å². The Morgan fingerprint density at radius 1 is 0.957 bits per heavy atom. The number of carbonyl (C=O) groups excluding carboxylic acids is 2. The molecule has 2 unspecified atom stereocenters. The fourth-order valence-electron chi connectivity index (χ4n) is 7.58. The molecular weight excluding hydrogens is 623 g/mol. The molecule has 4 heterocycles. The Bertz CT molecular complexity index is 1700. The van der Waals surface area contributed by atoms with Gasteiger partial charge in [-0.15, -0.1) is 0 Å². The lowest BCUT2D eigenvalue weighted by Gasteiger charge is -2.44. The van der Waals surface area contributed by atoms with E-state index in [1.807, 2.05) is 24.3 Å². The van der Waals surface area contributed by atoms with E-state index in [9.17, 15) is 9.59 Å². The Kier molecular flexibility index (Phi) is 8.53. The van der Waals surface area contributed by atoms with Crippen molar-refractivity contribution in [3.63, 3.8) is 0 Å². The minimum Gasteiger partial charge on any atom is -0.472 e. The molecule has 3 fully saturated rings. The molecule has 2 bridgehead atoms. The van der Waals surface area contributed by atoms with Gasteiger partial charge in [0.1, 0.15) is 11.6 Å². The molecule has 7 rings (SSSR count). The molecule has 1 amide bonds. The maximum atomic E-state index is 15.9. The van der Waals surface area contributed by atoms with Crippen LogP contribution in [-0.2, 0) is 16.0 Å². The van der Waals surface area contributed by atoms with Gasteiger partial charge in [-0.3, -0.25) is 9.69 Å². The van der Waals surface area contributed by atoms with E-state index < -0.39 is 11.8 Å². The van der Waals surface area contributed by atoms with Gasteiger partial charge in [0.15, 0.2) is 6.73 Å². The molecule has 0 saturated carbocycles. The number of amides is 1. The van der Waals surface area contributed by atoms with Gasteiger partial charge in [-0.2, -0.15) is 0 Å². The maximum Gasteiger partial charge on any atom is 0.340 e. The summed E-state index contributed by atoms with van der Waals surface area (Å²) in [4.78, 5) is 35.0. The third kappa shape index (κ3) is 5.70. The highest BCUT2D eigenvalue weighted by molar-refractivity contribution is 6.34. The van der Waals surface area contributed by atoms with Crippen molar-refractivity contribution >= 4 is 34.9 Å². The molecular formula is C36H40ClFN4O5. The summed E-state index contributed by atoms with van der Waals surface area (Å²) in [6, 6.07) is 15.1. The number of benzene rings is 3. The van der Waals surface area contributed by atoms with Gasteiger partial charge in [0.25, 0.3) is 5.91 Å². The van der Waals surface area contributed by atoms with Crippen LogP contribution in [0.25, 0.3) is 11.1 Å². The first-order valence-corrected chi connectivity index (χ1v) is 16.6. The van der Waals surface area contributed by atoms with E-state index in [-0.39, 0.29) is 36.8 Å². The topological polar surface area (TPSA) is 74.8 Å². The van der Waals surface area contributed by atoms with Gasteiger partial charge in [-0.25, -0.2) is 9.18 Å². The van der Waals surface area contributed by atoms with Crippen LogP contribution < -0.4 is 14.5 Å². The Balaban J connectivity index is 1.16. The number of fused-ring (bicyclic) bond motifs is 3. The minimum absolute atomic E-state index is 0.0176. The zero-order chi connectivity index (χ0) is 33.0. The molecule has 3 aromatic rings. The monoisotopic (exact) mass is 662 g/mol. The Hall–Kier alpha value is -3.86. The van der Waals surface area contributed by atoms with E-state index in [4.69, 9.17) is 25.8 Å². The zero-order valence-corrected chi connectivity index (χ0v) is 27.9. The highest BCUT2D eigenvalue weighted by Gasteiger charge is 2.40. The van der Waals surface area contributed by atoms with E-state index in [0.717, 1.165) is 37.2 Å². The van der Waals surface area contributed by atoms with Crippen LogP contribution in [0.4, 0.5) is 15.8 Å². The number of nitrogens with zero attached hydrogens (tertiary/aromatic N) is 4. The lowest BCUT2D eigenvalue weighted by atomic mass is 9.96. The van der Waals surface area contributed by atoms with Crippen LogP contribution in [-0.4, -0.2) is 93.0 Å². The number of methoxy groups -OCH3 is 1. The fourth-order valence-corrected chi connectivity index (χ4v) is 7.83. The number of piperazine rings is 1. The number of morpholine rings is 1. The summed E-state index contributed by atoms with van der Waals surface area (Å²) in [6.45, 7) is 7.58. The average Bonchev–Trinajstić information content (AvgIpc) is 3.31. The lowest BCUT2D eigenvalue weighted by Crippen LogP contribution is -2.55. The van der Waals surface area contributed by atoms with Crippen molar-refractivity contribution in [2.24, 2.45) is 0 Å². The number of carbonyl (C=O) groups is 2.